The summed E-state index contributed by atoms with van der Waals surface area (Å²) in [6, 6.07) is -1.04. The van der Waals surface area contributed by atoms with Gasteiger partial charge in [0.05, 0.1) is 6.04 Å². The fourth-order valence-corrected chi connectivity index (χ4v) is 2.11. The first-order valence-electron chi connectivity index (χ1n) is 5.92. The molecule has 4 N–H and O–H groups in total. The highest BCUT2D eigenvalue weighted by Crippen LogP contribution is 2.18. The average molecular weight is 243 g/mol. The molecule has 1 fully saturated rings. The van der Waals surface area contributed by atoms with Crippen LogP contribution in [0.2, 0.25) is 0 Å². The second-order valence-electron chi connectivity index (χ2n) is 4.33. The van der Waals surface area contributed by atoms with E-state index in [1.165, 1.54) is 4.90 Å². The average Bonchev–Trinajstić information content (AvgIpc) is 2.77. The zero-order chi connectivity index (χ0) is 12.8. The molecule has 1 aliphatic heterocycles. The molecular weight excluding hydrogens is 222 g/mol. The molecule has 0 spiro atoms. The van der Waals surface area contributed by atoms with Gasteiger partial charge in [0.25, 0.3) is 0 Å². The van der Waals surface area contributed by atoms with Crippen molar-refractivity contribution in [3.63, 3.8) is 0 Å². The van der Waals surface area contributed by atoms with E-state index >= 15 is 0 Å². The molecule has 6 heteroatoms. The Bertz CT molecular complexity index is 283. The first-order chi connectivity index (χ1) is 8.07. The molecule has 2 unspecified atom stereocenters. The third kappa shape index (κ3) is 3.67. The van der Waals surface area contributed by atoms with Crippen LogP contribution in [0.5, 0.6) is 0 Å². The van der Waals surface area contributed by atoms with Gasteiger partial charge in [-0.3, -0.25) is 9.59 Å². The van der Waals surface area contributed by atoms with Gasteiger partial charge in [0, 0.05) is 20.3 Å². The molecule has 2 amide bonds. The van der Waals surface area contributed by atoms with Crippen LogP contribution in [0.25, 0.3) is 0 Å². The van der Waals surface area contributed by atoms with Crippen LogP contribution >= 0.6 is 0 Å². The van der Waals surface area contributed by atoms with Crippen molar-refractivity contribution in [3.8, 4) is 0 Å². The quantitative estimate of drug-likeness (QED) is 0.598. The number of nitrogens with zero attached hydrogens (tertiary/aromatic N) is 1. The standard InChI is InChI=1S/C11H21N3O3/c1-17-7-3-4-8(12)11(16)14-6-2-5-9(14)10(13)15/h8-9H,2-7,12H2,1H3,(H2,13,15). The molecule has 0 aromatic carbocycles. The van der Waals surface area contributed by atoms with Gasteiger partial charge in [0.2, 0.25) is 11.8 Å². The maximum atomic E-state index is 12.0. The Balaban J connectivity index is 2.47. The van der Waals surface area contributed by atoms with Crippen LogP contribution in [-0.4, -0.2) is 49.1 Å². The second-order valence-corrected chi connectivity index (χ2v) is 4.33. The van der Waals surface area contributed by atoms with Gasteiger partial charge in [-0.25, -0.2) is 0 Å². The molecular formula is C11H21N3O3. The van der Waals surface area contributed by atoms with E-state index in [-0.39, 0.29) is 5.91 Å². The summed E-state index contributed by atoms with van der Waals surface area (Å²) in [5.41, 5.74) is 11.1. The first-order valence-corrected chi connectivity index (χ1v) is 5.92. The lowest BCUT2D eigenvalue weighted by atomic mass is 10.1. The Labute approximate surface area is 101 Å². The van der Waals surface area contributed by atoms with Crippen LogP contribution in [-0.2, 0) is 14.3 Å². The summed E-state index contributed by atoms with van der Waals surface area (Å²) in [4.78, 5) is 24.7. The maximum absolute atomic E-state index is 12.0. The molecule has 1 aliphatic rings. The summed E-state index contributed by atoms with van der Waals surface area (Å²) < 4.78 is 4.90. The van der Waals surface area contributed by atoms with E-state index in [9.17, 15) is 9.59 Å². The monoisotopic (exact) mass is 243 g/mol. The van der Waals surface area contributed by atoms with Crippen molar-refractivity contribution in [2.45, 2.75) is 37.8 Å². The molecule has 0 aromatic heterocycles. The molecule has 0 saturated carbocycles. The Morgan fingerprint density at radius 2 is 2.24 bits per heavy atom. The van der Waals surface area contributed by atoms with E-state index in [4.69, 9.17) is 16.2 Å². The Hall–Kier alpha value is -1.14. The van der Waals surface area contributed by atoms with Crippen molar-refractivity contribution < 1.29 is 14.3 Å². The van der Waals surface area contributed by atoms with Gasteiger partial charge in [0.1, 0.15) is 6.04 Å². The first kappa shape index (κ1) is 13.9. The van der Waals surface area contributed by atoms with Crippen molar-refractivity contribution >= 4 is 11.8 Å². The number of rotatable bonds is 6. The number of amides is 2. The minimum Gasteiger partial charge on any atom is -0.385 e. The summed E-state index contributed by atoms with van der Waals surface area (Å²) >= 11 is 0. The van der Waals surface area contributed by atoms with E-state index in [0.29, 0.717) is 26.0 Å². The van der Waals surface area contributed by atoms with Crippen LogP contribution in [0.4, 0.5) is 0 Å². The number of nitrogens with two attached hydrogens (primary N) is 2. The lowest BCUT2D eigenvalue weighted by Gasteiger charge is -2.25. The van der Waals surface area contributed by atoms with E-state index in [1.807, 2.05) is 0 Å². The molecule has 0 radical (unpaired) electrons. The summed E-state index contributed by atoms with van der Waals surface area (Å²) in [6.07, 6.45) is 2.75. The number of carbonyl (C=O) groups excluding carboxylic acids is 2. The van der Waals surface area contributed by atoms with Crippen LogP contribution in [0, 0.1) is 0 Å². The normalized spacial score (nSPS) is 21.5. The number of primary amides is 1. The summed E-state index contributed by atoms with van der Waals surface area (Å²) in [5, 5.41) is 0. The molecule has 2 atom stereocenters. The molecule has 98 valence electrons. The van der Waals surface area contributed by atoms with Gasteiger partial charge < -0.3 is 21.1 Å². The molecule has 6 nitrogen and oxygen atoms in total. The molecule has 17 heavy (non-hydrogen) atoms. The SMILES string of the molecule is COCCCC(N)C(=O)N1CCCC1C(N)=O. The highest BCUT2D eigenvalue weighted by atomic mass is 16.5. The predicted octanol–water partition coefficient (Wildman–Crippen LogP) is -0.783. The Kier molecular flexibility index (Phi) is 5.37. The number of likely N-dealkylation sites (tertiary alicyclic amines) is 1. The van der Waals surface area contributed by atoms with Crippen molar-refractivity contribution in [2.75, 3.05) is 20.3 Å². The highest BCUT2D eigenvalue weighted by molar-refractivity contribution is 5.89. The number of hydrogen-bond donors (Lipinski definition) is 2. The van der Waals surface area contributed by atoms with E-state index in [2.05, 4.69) is 0 Å². The van der Waals surface area contributed by atoms with Gasteiger partial charge in [-0.15, -0.1) is 0 Å². The van der Waals surface area contributed by atoms with Crippen LogP contribution in [0.1, 0.15) is 25.7 Å². The van der Waals surface area contributed by atoms with Gasteiger partial charge in [-0.1, -0.05) is 0 Å². The lowest BCUT2D eigenvalue weighted by molar-refractivity contribution is -0.138. The third-order valence-electron chi connectivity index (χ3n) is 3.05. The van der Waals surface area contributed by atoms with Gasteiger partial charge in [-0.05, 0) is 25.7 Å². The lowest BCUT2D eigenvalue weighted by Crippen LogP contribution is -2.50. The third-order valence-corrected chi connectivity index (χ3v) is 3.05. The number of ether oxygens (including phenoxy) is 1. The molecule has 1 saturated heterocycles. The second kappa shape index (κ2) is 6.56. The van der Waals surface area contributed by atoms with Gasteiger partial charge >= 0.3 is 0 Å². The number of methoxy groups -OCH3 is 1. The molecule has 1 heterocycles. The van der Waals surface area contributed by atoms with Crippen molar-refractivity contribution in [3.05, 3.63) is 0 Å². The molecule has 0 aromatic rings. The summed E-state index contributed by atoms with van der Waals surface area (Å²) in [5.74, 6) is -0.623. The predicted molar refractivity (Wildman–Crippen MR) is 63.0 cm³/mol. The summed E-state index contributed by atoms with van der Waals surface area (Å²) in [7, 11) is 1.61. The van der Waals surface area contributed by atoms with Crippen molar-refractivity contribution in [1.29, 1.82) is 0 Å². The largest absolute Gasteiger partial charge is 0.385 e. The minimum absolute atomic E-state index is 0.178. The van der Waals surface area contributed by atoms with E-state index in [1.54, 1.807) is 7.11 Å². The van der Waals surface area contributed by atoms with Crippen LogP contribution in [0.15, 0.2) is 0 Å². The zero-order valence-electron chi connectivity index (χ0n) is 10.2. The zero-order valence-corrected chi connectivity index (χ0v) is 10.2. The van der Waals surface area contributed by atoms with Crippen LogP contribution < -0.4 is 11.5 Å². The molecule has 1 rings (SSSR count). The van der Waals surface area contributed by atoms with Crippen molar-refractivity contribution in [2.24, 2.45) is 11.5 Å². The Morgan fingerprint density at radius 3 is 2.82 bits per heavy atom. The minimum atomic E-state index is -0.565. The smallest absolute Gasteiger partial charge is 0.240 e. The molecule has 0 aliphatic carbocycles. The van der Waals surface area contributed by atoms with Gasteiger partial charge in [-0.2, -0.15) is 0 Å². The van der Waals surface area contributed by atoms with E-state index < -0.39 is 18.0 Å². The van der Waals surface area contributed by atoms with Crippen molar-refractivity contribution in [1.82, 2.24) is 4.90 Å². The number of hydrogen-bond acceptors (Lipinski definition) is 4. The fourth-order valence-electron chi connectivity index (χ4n) is 2.11. The topological polar surface area (TPSA) is 98.7 Å². The maximum Gasteiger partial charge on any atom is 0.240 e. The number of carbonyl (C=O) groups is 2. The van der Waals surface area contributed by atoms with Gasteiger partial charge in [0.15, 0.2) is 0 Å². The molecule has 0 bridgehead atoms. The Morgan fingerprint density at radius 1 is 1.53 bits per heavy atom. The van der Waals surface area contributed by atoms with E-state index in [0.717, 1.165) is 12.8 Å². The summed E-state index contributed by atoms with van der Waals surface area (Å²) in [6.45, 7) is 1.16. The highest BCUT2D eigenvalue weighted by Gasteiger charge is 2.34. The van der Waals surface area contributed by atoms with Crippen LogP contribution in [0.3, 0.4) is 0 Å². The fraction of sp³-hybridized carbons (Fsp3) is 0.818.